The van der Waals surface area contributed by atoms with Crippen molar-refractivity contribution in [1.82, 2.24) is 35.7 Å². The highest BCUT2D eigenvalue weighted by Gasteiger charge is 2.19. The fourth-order valence-corrected chi connectivity index (χ4v) is 4.72. The quantitative estimate of drug-likeness (QED) is 0.249. The van der Waals surface area contributed by atoms with Gasteiger partial charge in [0, 0.05) is 50.7 Å². The van der Waals surface area contributed by atoms with Crippen molar-refractivity contribution in [3.8, 4) is 16.8 Å². The Labute approximate surface area is 247 Å². The number of methoxy groups -OCH3 is 1. The summed E-state index contributed by atoms with van der Waals surface area (Å²) in [5, 5.41) is 25.6. The van der Waals surface area contributed by atoms with Crippen LogP contribution in [0, 0.1) is 0 Å². The summed E-state index contributed by atoms with van der Waals surface area (Å²) in [6.45, 7) is 0. The number of hydrogen-bond donors (Lipinski definition) is 2. The predicted octanol–water partition coefficient (Wildman–Crippen LogP) is 4.24. The second kappa shape index (κ2) is 13.9. The van der Waals surface area contributed by atoms with E-state index in [1.165, 1.54) is 24.2 Å². The van der Waals surface area contributed by atoms with Gasteiger partial charge in [-0.05, 0) is 64.9 Å². The highest BCUT2D eigenvalue weighted by molar-refractivity contribution is 7.84. The van der Waals surface area contributed by atoms with Crippen LogP contribution in [-0.2, 0) is 20.3 Å². The van der Waals surface area contributed by atoms with Gasteiger partial charge in [0.25, 0.3) is 0 Å². The van der Waals surface area contributed by atoms with Gasteiger partial charge in [0.1, 0.15) is 6.33 Å². The van der Waals surface area contributed by atoms with E-state index in [4.69, 9.17) is 23.2 Å². The minimum atomic E-state index is -1.11. The van der Waals surface area contributed by atoms with Crippen molar-refractivity contribution in [1.29, 1.82) is 0 Å². The Kier molecular flexibility index (Phi) is 10.1. The number of tetrazole rings is 1. The SMILES string of the molecule is COC(=O)Nc1ccc(-c2cc(C(CCS(C)=O)NC(=O)/C=C/c3cc(Cl)ccc3-n3cnnn3)nnc2Cl)cc1. The maximum atomic E-state index is 13.0. The monoisotopic (exact) mass is 614 g/mol. The van der Waals surface area contributed by atoms with Crippen LogP contribution in [0.25, 0.3) is 22.9 Å². The number of anilines is 1. The number of nitrogens with one attached hydrogen (secondary N) is 2. The summed E-state index contributed by atoms with van der Waals surface area (Å²) in [7, 11) is 0.166. The van der Waals surface area contributed by atoms with Gasteiger partial charge in [0.2, 0.25) is 5.91 Å². The van der Waals surface area contributed by atoms with E-state index in [1.54, 1.807) is 60.9 Å². The van der Waals surface area contributed by atoms with E-state index >= 15 is 0 Å². The lowest BCUT2D eigenvalue weighted by atomic mass is 10.0. The molecule has 4 aromatic rings. The molecule has 15 heteroatoms. The average Bonchev–Trinajstić information content (AvgIpc) is 3.50. The summed E-state index contributed by atoms with van der Waals surface area (Å²) in [5.74, 6) is -0.101. The predicted molar refractivity (Wildman–Crippen MR) is 156 cm³/mol. The molecule has 0 saturated carbocycles. The van der Waals surface area contributed by atoms with Gasteiger partial charge >= 0.3 is 6.09 Å². The first-order valence-corrected chi connectivity index (χ1v) is 14.5. The molecule has 2 aromatic carbocycles. The second-order valence-corrected chi connectivity index (χ2v) is 10.9. The fraction of sp³-hybridized carbons (Fsp3) is 0.192. The largest absolute Gasteiger partial charge is 0.453 e. The minimum absolute atomic E-state index is 0.155. The Morgan fingerprint density at radius 3 is 2.59 bits per heavy atom. The molecule has 2 amide bonds. The van der Waals surface area contributed by atoms with Crippen LogP contribution in [0.4, 0.5) is 10.5 Å². The third-order valence-electron chi connectivity index (χ3n) is 5.76. The Balaban J connectivity index is 1.57. The number of ether oxygens (including phenoxy) is 1. The van der Waals surface area contributed by atoms with Crippen LogP contribution in [0.1, 0.15) is 23.7 Å². The Morgan fingerprint density at radius 1 is 1.12 bits per heavy atom. The molecule has 0 aliphatic rings. The number of carbonyl (C=O) groups is 2. The zero-order valence-electron chi connectivity index (χ0n) is 21.8. The number of amides is 2. The van der Waals surface area contributed by atoms with E-state index in [-0.39, 0.29) is 5.15 Å². The number of halogens is 2. The van der Waals surface area contributed by atoms with Gasteiger partial charge in [-0.25, -0.2) is 4.79 Å². The van der Waals surface area contributed by atoms with Crippen molar-refractivity contribution in [2.45, 2.75) is 12.5 Å². The molecule has 2 unspecified atom stereocenters. The van der Waals surface area contributed by atoms with Crippen molar-refractivity contribution >= 4 is 57.8 Å². The Bertz CT molecular complexity index is 1580. The molecule has 0 aliphatic carbocycles. The first-order valence-electron chi connectivity index (χ1n) is 12.0. The van der Waals surface area contributed by atoms with Crippen LogP contribution in [-0.4, -0.2) is 65.7 Å². The van der Waals surface area contributed by atoms with Crippen LogP contribution in [0.2, 0.25) is 10.2 Å². The lowest BCUT2D eigenvalue weighted by Gasteiger charge is -2.18. The van der Waals surface area contributed by atoms with E-state index < -0.39 is 28.8 Å². The van der Waals surface area contributed by atoms with Gasteiger partial charge in [0.15, 0.2) is 5.15 Å². The number of aromatic nitrogens is 6. The molecular weight excluding hydrogens is 591 g/mol. The van der Waals surface area contributed by atoms with Crippen molar-refractivity contribution in [2.75, 3.05) is 24.4 Å². The highest BCUT2D eigenvalue weighted by Crippen LogP contribution is 2.30. The van der Waals surface area contributed by atoms with E-state index in [2.05, 4.69) is 41.1 Å². The molecule has 0 aliphatic heterocycles. The van der Waals surface area contributed by atoms with Gasteiger partial charge in [-0.1, -0.05) is 35.3 Å². The molecule has 0 fully saturated rings. The van der Waals surface area contributed by atoms with Crippen molar-refractivity contribution in [3.05, 3.63) is 82.4 Å². The average molecular weight is 616 g/mol. The molecule has 41 heavy (non-hydrogen) atoms. The normalized spacial score (nSPS) is 12.6. The molecule has 2 heterocycles. The van der Waals surface area contributed by atoms with Crippen LogP contribution in [0.15, 0.2) is 60.9 Å². The Hall–Kier alpha value is -4.20. The van der Waals surface area contributed by atoms with Gasteiger partial charge in [-0.3, -0.25) is 14.3 Å². The lowest BCUT2D eigenvalue weighted by Crippen LogP contribution is -2.29. The molecule has 0 bridgehead atoms. The molecule has 2 atom stereocenters. The number of benzene rings is 2. The third kappa shape index (κ3) is 8.16. The number of carbonyl (C=O) groups excluding carboxylic acids is 2. The number of hydrogen-bond acceptors (Lipinski definition) is 9. The molecule has 2 N–H and O–H groups in total. The van der Waals surface area contributed by atoms with Crippen LogP contribution in [0.5, 0.6) is 0 Å². The van der Waals surface area contributed by atoms with Gasteiger partial charge in [0.05, 0.1) is 24.5 Å². The van der Waals surface area contributed by atoms with Crippen molar-refractivity contribution < 1.29 is 18.5 Å². The Morgan fingerprint density at radius 2 is 1.90 bits per heavy atom. The molecule has 2 aromatic heterocycles. The van der Waals surface area contributed by atoms with Gasteiger partial charge < -0.3 is 10.1 Å². The topological polar surface area (TPSA) is 154 Å². The summed E-state index contributed by atoms with van der Waals surface area (Å²) in [5.41, 5.74) is 3.49. The van der Waals surface area contributed by atoms with Crippen LogP contribution in [0.3, 0.4) is 0 Å². The van der Waals surface area contributed by atoms with E-state index in [1.807, 2.05) is 0 Å². The summed E-state index contributed by atoms with van der Waals surface area (Å²) in [6, 6.07) is 13.1. The third-order valence-corrected chi connectivity index (χ3v) is 7.09. The molecule has 4 rings (SSSR count). The van der Waals surface area contributed by atoms with Crippen molar-refractivity contribution in [2.24, 2.45) is 0 Å². The highest BCUT2D eigenvalue weighted by atomic mass is 35.5. The molecule has 212 valence electrons. The summed E-state index contributed by atoms with van der Waals surface area (Å²) in [6.07, 6.45) is 5.71. The molecular formula is C26H24Cl2N8O4S. The van der Waals surface area contributed by atoms with E-state index in [0.29, 0.717) is 51.0 Å². The van der Waals surface area contributed by atoms with E-state index in [0.717, 1.165) is 0 Å². The maximum absolute atomic E-state index is 13.0. The first kappa shape index (κ1) is 29.8. The van der Waals surface area contributed by atoms with Crippen molar-refractivity contribution in [3.63, 3.8) is 0 Å². The van der Waals surface area contributed by atoms with Crippen LogP contribution >= 0.6 is 23.2 Å². The molecule has 0 spiro atoms. The minimum Gasteiger partial charge on any atom is -0.453 e. The number of rotatable bonds is 10. The standard InChI is InChI=1S/C26H24Cl2N8O4S/c1-40-26(38)30-19-7-3-16(4-8-19)20-14-22(32-33-25(20)28)21(11-12-41(2)39)31-24(37)10-5-17-13-18(27)6-9-23(17)36-15-29-34-35-36/h3-10,13-15,21H,11-12H2,1-2H3,(H,30,38)(H,31,37)/b10-5+. The summed E-state index contributed by atoms with van der Waals surface area (Å²) < 4.78 is 17.9. The van der Waals surface area contributed by atoms with E-state index in [9.17, 15) is 13.8 Å². The van der Waals surface area contributed by atoms with Gasteiger partial charge in [-0.2, -0.15) is 9.78 Å². The number of nitrogens with zero attached hydrogens (tertiary/aromatic N) is 6. The molecule has 12 nitrogen and oxygen atoms in total. The fourth-order valence-electron chi connectivity index (χ4n) is 3.77. The second-order valence-electron chi connectivity index (χ2n) is 8.59. The molecule has 0 saturated heterocycles. The summed E-state index contributed by atoms with van der Waals surface area (Å²) >= 11 is 12.5. The van der Waals surface area contributed by atoms with Gasteiger partial charge in [-0.15, -0.1) is 10.2 Å². The van der Waals surface area contributed by atoms with Crippen LogP contribution < -0.4 is 10.6 Å². The maximum Gasteiger partial charge on any atom is 0.411 e. The smallest absolute Gasteiger partial charge is 0.411 e. The summed E-state index contributed by atoms with van der Waals surface area (Å²) in [4.78, 5) is 24.5. The molecule has 0 radical (unpaired) electrons. The zero-order chi connectivity index (χ0) is 29.4. The first-order chi connectivity index (χ1) is 19.7. The lowest BCUT2D eigenvalue weighted by molar-refractivity contribution is -0.117. The zero-order valence-corrected chi connectivity index (χ0v) is 24.2.